The zero-order valence-corrected chi connectivity index (χ0v) is 15.6. The topological polar surface area (TPSA) is 75.2 Å². The first kappa shape index (κ1) is 19.0. The maximum Gasteiger partial charge on any atom is 0.260 e. The van der Waals surface area contributed by atoms with Crippen LogP contribution < -0.4 is 5.32 Å². The van der Waals surface area contributed by atoms with Crippen molar-refractivity contribution >= 4 is 17.8 Å². The van der Waals surface area contributed by atoms with E-state index in [2.05, 4.69) is 15.3 Å². The number of hydrogen-bond donors (Lipinski definition) is 1. The highest BCUT2D eigenvalue weighted by Crippen LogP contribution is 2.64. The fourth-order valence-corrected chi connectivity index (χ4v) is 4.10. The maximum absolute atomic E-state index is 14.5. The van der Waals surface area contributed by atoms with E-state index < -0.39 is 47.6 Å². The highest BCUT2D eigenvalue weighted by atomic mass is 19.3. The van der Waals surface area contributed by atoms with E-state index in [9.17, 15) is 27.2 Å². The first-order valence-corrected chi connectivity index (χ1v) is 9.42. The van der Waals surface area contributed by atoms with E-state index in [-0.39, 0.29) is 23.6 Å². The average Bonchev–Trinajstić information content (AvgIpc) is 3.57. The summed E-state index contributed by atoms with van der Waals surface area (Å²) in [4.78, 5) is 33.4. The summed E-state index contributed by atoms with van der Waals surface area (Å²) >= 11 is 0. The van der Waals surface area contributed by atoms with Gasteiger partial charge in [0, 0.05) is 18.5 Å². The zero-order chi connectivity index (χ0) is 21.3. The zero-order valence-electron chi connectivity index (χ0n) is 15.6. The SMILES string of the molecule is O=C(CN1CC2(CC2(F)F)c2cc(C3(F)CC3)ccc2C1=O)Nc1ncc(F)cn1. The van der Waals surface area contributed by atoms with Crippen molar-refractivity contribution in [3.8, 4) is 0 Å². The van der Waals surface area contributed by atoms with Crippen LogP contribution in [0.25, 0.3) is 0 Å². The smallest absolute Gasteiger partial charge is 0.260 e. The first-order valence-electron chi connectivity index (χ1n) is 9.42. The van der Waals surface area contributed by atoms with Crippen LogP contribution in [-0.2, 0) is 15.9 Å². The molecule has 156 valence electrons. The number of rotatable bonds is 4. The van der Waals surface area contributed by atoms with Gasteiger partial charge >= 0.3 is 0 Å². The molecule has 2 amide bonds. The summed E-state index contributed by atoms with van der Waals surface area (Å²) in [6.45, 7) is -0.849. The third-order valence-corrected chi connectivity index (χ3v) is 6.02. The number of nitrogens with zero attached hydrogens (tertiary/aromatic N) is 3. The van der Waals surface area contributed by atoms with Gasteiger partial charge in [-0.2, -0.15) is 0 Å². The van der Waals surface area contributed by atoms with Crippen LogP contribution in [-0.4, -0.2) is 45.7 Å². The van der Waals surface area contributed by atoms with Crippen LogP contribution in [0.5, 0.6) is 0 Å². The van der Waals surface area contributed by atoms with Gasteiger partial charge < -0.3 is 4.90 Å². The van der Waals surface area contributed by atoms with Crippen molar-refractivity contribution in [2.24, 2.45) is 0 Å². The molecule has 3 aliphatic rings. The van der Waals surface area contributed by atoms with Gasteiger partial charge in [0.1, 0.15) is 12.2 Å². The summed E-state index contributed by atoms with van der Waals surface area (Å²) in [5.74, 6) is -5.18. The predicted molar refractivity (Wildman–Crippen MR) is 96.2 cm³/mol. The molecule has 5 rings (SSSR count). The molecular formula is C20H16F4N4O2. The quantitative estimate of drug-likeness (QED) is 0.772. The summed E-state index contributed by atoms with van der Waals surface area (Å²) in [6, 6.07) is 4.22. The molecule has 1 atom stereocenters. The highest BCUT2D eigenvalue weighted by molar-refractivity contribution is 6.01. The third-order valence-electron chi connectivity index (χ3n) is 6.02. The summed E-state index contributed by atoms with van der Waals surface area (Å²) in [5.41, 5.74) is -2.61. The molecule has 0 saturated heterocycles. The van der Waals surface area contributed by atoms with E-state index in [1.165, 1.54) is 18.2 Å². The molecule has 1 N–H and O–H groups in total. The summed E-state index contributed by atoms with van der Waals surface area (Å²) in [7, 11) is 0. The monoisotopic (exact) mass is 420 g/mol. The van der Waals surface area contributed by atoms with Crippen LogP contribution in [0.1, 0.15) is 40.7 Å². The maximum atomic E-state index is 14.5. The molecule has 1 aliphatic heterocycles. The van der Waals surface area contributed by atoms with E-state index in [0.29, 0.717) is 18.4 Å². The second kappa shape index (κ2) is 5.99. The Morgan fingerprint density at radius 2 is 1.83 bits per heavy atom. The number of anilines is 1. The van der Waals surface area contributed by atoms with Crippen LogP contribution in [0, 0.1) is 5.82 Å². The lowest BCUT2D eigenvalue weighted by atomic mass is 9.84. The predicted octanol–water partition coefficient (Wildman–Crippen LogP) is 2.95. The molecule has 1 unspecified atom stereocenters. The van der Waals surface area contributed by atoms with Crippen molar-refractivity contribution < 1.29 is 27.2 Å². The Bertz CT molecular complexity index is 1070. The molecule has 1 aromatic carbocycles. The van der Waals surface area contributed by atoms with Crippen molar-refractivity contribution in [1.29, 1.82) is 0 Å². The average molecular weight is 420 g/mol. The lowest BCUT2D eigenvalue weighted by Crippen LogP contribution is -2.48. The van der Waals surface area contributed by atoms with Crippen molar-refractivity contribution in [3.63, 3.8) is 0 Å². The Kier molecular flexibility index (Phi) is 3.78. The minimum atomic E-state index is -3.05. The molecule has 2 heterocycles. The van der Waals surface area contributed by atoms with Crippen LogP contribution in [0.3, 0.4) is 0 Å². The lowest BCUT2D eigenvalue weighted by Gasteiger charge is -2.34. The molecular weight excluding hydrogens is 404 g/mol. The minimum absolute atomic E-state index is 0.0530. The van der Waals surface area contributed by atoms with Gasteiger partial charge in [-0.3, -0.25) is 14.9 Å². The number of fused-ring (bicyclic) bond motifs is 2. The molecule has 30 heavy (non-hydrogen) atoms. The molecule has 10 heteroatoms. The summed E-state index contributed by atoms with van der Waals surface area (Å²) < 4.78 is 56.2. The van der Waals surface area contributed by atoms with Crippen LogP contribution in [0.2, 0.25) is 0 Å². The first-order chi connectivity index (χ1) is 14.1. The Morgan fingerprint density at radius 3 is 2.43 bits per heavy atom. The number of hydrogen-bond acceptors (Lipinski definition) is 4. The van der Waals surface area contributed by atoms with Crippen molar-refractivity contribution in [1.82, 2.24) is 14.9 Å². The van der Waals surface area contributed by atoms with Gasteiger partial charge in [0.15, 0.2) is 5.82 Å². The van der Waals surface area contributed by atoms with Crippen molar-refractivity contribution in [3.05, 3.63) is 53.1 Å². The van der Waals surface area contributed by atoms with Crippen LogP contribution in [0.15, 0.2) is 30.6 Å². The normalized spacial score (nSPS) is 25.1. The molecule has 0 radical (unpaired) electrons. The molecule has 2 aromatic rings. The van der Waals surface area contributed by atoms with Gasteiger partial charge in [-0.1, -0.05) is 12.1 Å². The summed E-state index contributed by atoms with van der Waals surface area (Å²) in [5, 5.41) is 2.31. The van der Waals surface area contributed by atoms with Gasteiger partial charge in [0.2, 0.25) is 11.9 Å². The number of carbonyl (C=O) groups is 2. The number of alkyl halides is 3. The van der Waals surface area contributed by atoms with Gasteiger partial charge in [-0.15, -0.1) is 0 Å². The Morgan fingerprint density at radius 1 is 1.17 bits per heavy atom. The Labute approximate surface area is 168 Å². The number of halogens is 4. The van der Waals surface area contributed by atoms with E-state index in [4.69, 9.17) is 0 Å². The highest BCUT2D eigenvalue weighted by Gasteiger charge is 2.74. The third kappa shape index (κ3) is 2.85. The molecule has 1 spiro atoms. The van der Waals surface area contributed by atoms with Crippen LogP contribution >= 0.6 is 0 Å². The molecule has 0 bridgehead atoms. The van der Waals surface area contributed by atoms with Crippen molar-refractivity contribution in [2.45, 2.75) is 36.3 Å². The standard InChI is InChI=1S/C20H16F4N4O2/c21-12-6-25-17(26-7-12)27-15(29)8-28-10-18(9-20(18,23)24)14-5-11(19(22)3-4-19)1-2-13(14)16(28)30/h1-2,5-7H,3-4,8-10H2,(H,25,26,27,29). The summed E-state index contributed by atoms with van der Waals surface area (Å²) in [6.07, 6.45) is 1.92. The fraction of sp³-hybridized carbons (Fsp3) is 0.400. The van der Waals surface area contributed by atoms with E-state index >= 15 is 0 Å². The number of carbonyl (C=O) groups excluding carboxylic acids is 2. The van der Waals surface area contributed by atoms with Gasteiger partial charge in [0.25, 0.3) is 11.8 Å². The van der Waals surface area contributed by atoms with Gasteiger partial charge in [-0.25, -0.2) is 27.5 Å². The molecule has 1 aromatic heterocycles. The molecule has 2 saturated carbocycles. The minimum Gasteiger partial charge on any atom is -0.328 e. The lowest BCUT2D eigenvalue weighted by molar-refractivity contribution is -0.117. The number of nitrogens with one attached hydrogen (secondary N) is 1. The van der Waals surface area contributed by atoms with E-state index in [0.717, 1.165) is 17.3 Å². The molecule has 2 aliphatic carbocycles. The van der Waals surface area contributed by atoms with Crippen LogP contribution in [0.4, 0.5) is 23.5 Å². The van der Waals surface area contributed by atoms with Crippen molar-refractivity contribution in [2.75, 3.05) is 18.4 Å². The van der Waals surface area contributed by atoms with E-state index in [1.54, 1.807) is 0 Å². The number of amides is 2. The largest absolute Gasteiger partial charge is 0.328 e. The Balaban J connectivity index is 1.41. The van der Waals surface area contributed by atoms with Gasteiger partial charge in [-0.05, 0) is 30.0 Å². The van der Waals surface area contributed by atoms with Gasteiger partial charge in [0.05, 0.1) is 17.8 Å². The molecule has 6 nitrogen and oxygen atoms in total. The van der Waals surface area contributed by atoms with E-state index in [1.807, 2.05) is 0 Å². The Hall–Kier alpha value is -3.04. The second-order valence-corrected chi connectivity index (χ2v) is 8.12. The number of benzene rings is 1. The number of aromatic nitrogens is 2. The second-order valence-electron chi connectivity index (χ2n) is 8.12. The fourth-order valence-electron chi connectivity index (χ4n) is 4.10. The molecule has 2 fully saturated rings.